The van der Waals surface area contributed by atoms with Crippen molar-refractivity contribution in [3.05, 3.63) is 12.7 Å². The number of unbranched alkanes of at least 4 members (excludes halogenated alkanes) is 4. The van der Waals surface area contributed by atoms with Gasteiger partial charge in [0.25, 0.3) is 0 Å². The minimum absolute atomic E-state index is 0.181. The third-order valence-corrected chi connectivity index (χ3v) is 14.7. The van der Waals surface area contributed by atoms with Crippen molar-refractivity contribution >= 4 is 0 Å². The topological polar surface area (TPSA) is 80.4 Å². The van der Waals surface area contributed by atoms with Crippen LogP contribution in [-0.4, -0.2) is 73.1 Å². The molecule has 0 aromatic rings. The minimum atomic E-state index is -0.181. The van der Waals surface area contributed by atoms with Gasteiger partial charge in [-0.1, -0.05) is 79.7 Å². The average Bonchev–Trinajstić information content (AvgIpc) is 3.75. The van der Waals surface area contributed by atoms with Crippen LogP contribution in [0, 0.1) is 47.3 Å². The van der Waals surface area contributed by atoms with Crippen LogP contribution in [0.4, 0.5) is 0 Å². The summed E-state index contributed by atoms with van der Waals surface area (Å²) in [5.41, 5.74) is 0. The van der Waals surface area contributed by atoms with Gasteiger partial charge in [-0.3, -0.25) is 0 Å². The molecule has 5 rings (SSSR count). The summed E-state index contributed by atoms with van der Waals surface area (Å²) in [6.45, 7) is 22.0. The Hall–Kier alpha value is -0.500. The van der Waals surface area contributed by atoms with Gasteiger partial charge in [0.1, 0.15) is 0 Å². The van der Waals surface area contributed by atoms with E-state index in [1.54, 1.807) is 0 Å². The molecule has 16 atom stereocenters. The summed E-state index contributed by atoms with van der Waals surface area (Å²) in [6.07, 6.45) is 19.1. The Morgan fingerprint density at radius 1 is 0.766 bits per heavy atom. The molecule has 0 spiro atoms. The van der Waals surface area contributed by atoms with E-state index in [-0.39, 0.29) is 6.10 Å². The van der Waals surface area contributed by atoms with Gasteiger partial charge in [0, 0.05) is 48.2 Å². The molecule has 5 fully saturated rings. The first kappa shape index (κ1) is 37.7. The number of rotatable bonds is 15. The summed E-state index contributed by atoms with van der Waals surface area (Å²) in [7, 11) is 0. The SMILES string of the molecule is C=CCCCCCCNCCCC(CC)C1NCCC2NC(CC3NC(CC4NC5C1CC(O)C5C4C)C(CC)C3C)C(CC)C2C. The van der Waals surface area contributed by atoms with E-state index in [0.717, 1.165) is 56.1 Å². The number of hydrogen-bond acceptors (Lipinski definition) is 6. The van der Waals surface area contributed by atoms with Crippen molar-refractivity contribution in [2.24, 2.45) is 47.3 Å². The van der Waals surface area contributed by atoms with E-state index in [0.29, 0.717) is 66.0 Å². The van der Waals surface area contributed by atoms with Crippen LogP contribution in [-0.2, 0) is 0 Å². The highest BCUT2D eigenvalue weighted by molar-refractivity contribution is 5.12. The lowest BCUT2D eigenvalue weighted by atomic mass is 9.79. The Balaban J connectivity index is 1.29. The zero-order valence-electron chi connectivity index (χ0n) is 31.5. The molecular weight excluding hydrogens is 578 g/mol. The largest absolute Gasteiger partial charge is 0.393 e. The summed E-state index contributed by atoms with van der Waals surface area (Å²) in [4.78, 5) is 0. The summed E-state index contributed by atoms with van der Waals surface area (Å²) in [5.74, 6) is 5.01. The molecule has 6 N–H and O–H groups in total. The van der Waals surface area contributed by atoms with Crippen LogP contribution in [0.25, 0.3) is 0 Å². The molecule has 47 heavy (non-hydrogen) atoms. The lowest BCUT2D eigenvalue weighted by molar-refractivity contribution is 0.103. The monoisotopic (exact) mass is 656 g/mol. The Bertz CT molecular complexity index is 932. The highest BCUT2D eigenvalue weighted by Crippen LogP contribution is 2.48. The summed E-state index contributed by atoms with van der Waals surface area (Å²) >= 11 is 0. The number of aliphatic hydroxyl groups is 1. The molecule has 5 aliphatic rings. The zero-order valence-corrected chi connectivity index (χ0v) is 31.5. The van der Waals surface area contributed by atoms with Crippen molar-refractivity contribution in [2.45, 2.75) is 180 Å². The van der Waals surface area contributed by atoms with Gasteiger partial charge in [0.05, 0.1) is 6.10 Å². The molecule has 0 aromatic carbocycles. The van der Waals surface area contributed by atoms with Crippen LogP contribution < -0.4 is 26.6 Å². The fourth-order valence-corrected chi connectivity index (χ4v) is 12.0. The predicted molar refractivity (Wildman–Crippen MR) is 200 cm³/mol. The van der Waals surface area contributed by atoms with E-state index in [1.807, 2.05) is 6.08 Å². The molecular formula is C41H77N5O. The highest BCUT2D eigenvalue weighted by Gasteiger charge is 2.56. The number of nitrogens with one attached hydrogen (secondary N) is 5. The van der Waals surface area contributed by atoms with Crippen LogP contribution in [0.15, 0.2) is 12.7 Å². The van der Waals surface area contributed by atoms with E-state index in [4.69, 9.17) is 0 Å². The Morgan fingerprint density at radius 3 is 2.09 bits per heavy atom. The van der Waals surface area contributed by atoms with Gasteiger partial charge in [0.15, 0.2) is 0 Å². The summed E-state index contributed by atoms with van der Waals surface area (Å²) in [5, 5.41) is 32.4. The lowest BCUT2D eigenvalue weighted by Gasteiger charge is -2.36. The van der Waals surface area contributed by atoms with Crippen LogP contribution in [0.5, 0.6) is 0 Å². The molecule has 1 aliphatic carbocycles. The second-order valence-corrected chi connectivity index (χ2v) is 17.1. The highest BCUT2D eigenvalue weighted by atomic mass is 16.3. The molecule has 6 heteroatoms. The van der Waals surface area contributed by atoms with Crippen molar-refractivity contribution in [1.29, 1.82) is 0 Å². The van der Waals surface area contributed by atoms with Crippen LogP contribution in [0.2, 0.25) is 0 Å². The van der Waals surface area contributed by atoms with Crippen molar-refractivity contribution in [1.82, 2.24) is 26.6 Å². The van der Waals surface area contributed by atoms with Crippen LogP contribution >= 0.6 is 0 Å². The van der Waals surface area contributed by atoms with Crippen LogP contribution in [0.3, 0.4) is 0 Å². The third-order valence-electron chi connectivity index (χ3n) is 14.7. The van der Waals surface area contributed by atoms with Gasteiger partial charge < -0.3 is 31.7 Å². The van der Waals surface area contributed by atoms with Crippen molar-refractivity contribution in [3.8, 4) is 0 Å². The number of fused-ring (bicyclic) bond motifs is 5. The summed E-state index contributed by atoms with van der Waals surface area (Å²) < 4.78 is 0. The first-order valence-electron chi connectivity index (χ1n) is 20.8. The molecule has 6 bridgehead atoms. The van der Waals surface area contributed by atoms with Gasteiger partial charge in [-0.25, -0.2) is 0 Å². The first-order valence-corrected chi connectivity index (χ1v) is 20.8. The smallest absolute Gasteiger partial charge is 0.0590 e. The molecule has 272 valence electrons. The molecule has 4 saturated heterocycles. The molecule has 0 aromatic heterocycles. The van der Waals surface area contributed by atoms with Crippen molar-refractivity contribution in [3.63, 3.8) is 0 Å². The molecule has 6 nitrogen and oxygen atoms in total. The maximum Gasteiger partial charge on any atom is 0.0590 e. The minimum Gasteiger partial charge on any atom is -0.393 e. The first-order chi connectivity index (χ1) is 22.8. The number of allylic oxidation sites excluding steroid dienone is 1. The maximum absolute atomic E-state index is 11.7. The standard InChI is InChI=1S/C41H77N5O/c1-8-12-13-14-15-16-20-42-21-17-18-29(9-2)40-32-23-38(47)39-28(7)35(46-41(32)39)25-37-31(11-4)27(6)34(45-37)24-36-30(10-3)26(5)33(44-36)19-22-43-40/h8,26-47H,1,9-25H2,2-7H3. The van der Waals surface area contributed by atoms with Gasteiger partial charge in [-0.15, -0.1) is 6.58 Å². The van der Waals surface area contributed by atoms with E-state index in [1.165, 1.54) is 77.0 Å². The van der Waals surface area contributed by atoms with Gasteiger partial charge in [0.2, 0.25) is 0 Å². The van der Waals surface area contributed by atoms with Gasteiger partial charge in [-0.05, 0) is 119 Å². The fourth-order valence-electron chi connectivity index (χ4n) is 12.0. The second-order valence-electron chi connectivity index (χ2n) is 17.1. The molecule has 4 heterocycles. The summed E-state index contributed by atoms with van der Waals surface area (Å²) in [6, 6.07) is 3.79. The van der Waals surface area contributed by atoms with Gasteiger partial charge in [-0.2, -0.15) is 0 Å². The lowest BCUT2D eigenvalue weighted by Crippen LogP contribution is -2.51. The Kier molecular flexibility index (Phi) is 14.6. The molecule has 16 unspecified atom stereocenters. The van der Waals surface area contributed by atoms with Crippen LogP contribution in [0.1, 0.15) is 131 Å². The van der Waals surface area contributed by atoms with Gasteiger partial charge >= 0.3 is 0 Å². The van der Waals surface area contributed by atoms with E-state index in [9.17, 15) is 5.11 Å². The second kappa shape index (κ2) is 18.1. The van der Waals surface area contributed by atoms with Crippen molar-refractivity contribution < 1.29 is 5.11 Å². The molecule has 1 saturated carbocycles. The van der Waals surface area contributed by atoms with E-state index >= 15 is 0 Å². The normalized spacial score (nSPS) is 44.2. The fraction of sp³-hybridized carbons (Fsp3) is 0.951. The van der Waals surface area contributed by atoms with Crippen molar-refractivity contribution in [2.75, 3.05) is 19.6 Å². The predicted octanol–water partition coefficient (Wildman–Crippen LogP) is 6.64. The quantitative estimate of drug-likeness (QED) is 0.0878. The number of hydrogen-bond donors (Lipinski definition) is 6. The van der Waals surface area contributed by atoms with E-state index in [2.05, 4.69) is 74.7 Å². The molecule has 0 radical (unpaired) electrons. The van der Waals surface area contributed by atoms with E-state index < -0.39 is 0 Å². The molecule has 4 aliphatic heterocycles. The molecule has 0 amide bonds. The average molecular weight is 656 g/mol. The maximum atomic E-state index is 11.7. The zero-order chi connectivity index (χ0) is 33.5. The third kappa shape index (κ3) is 8.70. The number of aliphatic hydroxyl groups excluding tert-OH is 1. The Morgan fingerprint density at radius 2 is 1.40 bits per heavy atom. The Labute approximate surface area is 290 Å².